The molecule has 2 N–H and O–H groups in total. The van der Waals surface area contributed by atoms with Gasteiger partial charge in [-0.2, -0.15) is 0 Å². The molecule has 13 nitrogen and oxygen atoms in total. The summed E-state index contributed by atoms with van der Waals surface area (Å²) in [6, 6.07) is 14.1. The summed E-state index contributed by atoms with van der Waals surface area (Å²) >= 11 is 0. The number of amides is 3. The molecule has 0 unspecified atom stereocenters. The van der Waals surface area contributed by atoms with Crippen LogP contribution < -0.4 is 5.32 Å². The van der Waals surface area contributed by atoms with Gasteiger partial charge in [-0.15, -0.1) is 18.3 Å². The number of nitrogens with zero attached hydrogens (tertiary/aromatic N) is 5. The van der Waals surface area contributed by atoms with E-state index >= 15 is 0 Å². The van der Waals surface area contributed by atoms with Crippen LogP contribution in [-0.4, -0.2) is 97.1 Å². The monoisotopic (exact) mass is 698 g/mol. The van der Waals surface area contributed by atoms with Gasteiger partial charge >= 0.3 is 5.97 Å². The van der Waals surface area contributed by atoms with E-state index in [4.69, 9.17) is 9.47 Å². The molecular weight excluding hydrogens is 652 g/mol. The third kappa shape index (κ3) is 6.67. The van der Waals surface area contributed by atoms with Gasteiger partial charge in [0, 0.05) is 13.0 Å². The number of aliphatic hydroxyl groups excluding tert-OH is 1. The van der Waals surface area contributed by atoms with E-state index in [1.165, 1.54) is 4.90 Å². The van der Waals surface area contributed by atoms with Gasteiger partial charge in [0.2, 0.25) is 17.7 Å². The van der Waals surface area contributed by atoms with Gasteiger partial charge in [0.15, 0.2) is 0 Å². The van der Waals surface area contributed by atoms with E-state index in [1.807, 2.05) is 68.4 Å². The van der Waals surface area contributed by atoms with Gasteiger partial charge in [0.05, 0.1) is 42.1 Å². The molecule has 51 heavy (non-hydrogen) atoms. The lowest BCUT2D eigenvalue weighted by atomic mass is 9.70. The van der Waals surface area contributed by atoms with Crippen molar-refractivity contribution in [1.29, 1.82) is 0 Å². The lowest BCUT2D eigenvalue weighted by Crippen LogP contribution is -2.59. The van der Waals surface area contributed by atoms with Crippen molar-refractivity contribution >= 4 is 34.7 Å². The van der Waals surface area contributed by atoms with Crippen LogP contribution in [0.15, 0.2) is 79.9 Å². The molecular formula is C38H46N6O7. The number of likely N-dealkylation sites (tertiary alicyclic amines) is 1. The molecule has 2 aromatic carbocycles. The second-order valence-electron chi connectivity index (χ2n) is 13.8. The summed E-state index contributed by atoms with van der Waals surface area (Å²) in [6.07, 6.45) is 4.12. The zero-order valence-electron chi connectivity index (χ0n) is 29.1. The number of carbonyl (C=O) groups excluding carboxylic acids is 4. The quantitative estimate of drug-likeness (QED) is 0.170. The van der Waals surface area contributed by atoms with Crippen molar-refractivity contribution in [3.63, 3.8) is 0 Å². The number of ether oxygens (including phenoxy) is 2. The molecule has 3 aliphatic rings. The normalized spacial score (nSPS) is 24.7. The Hall–Kier alpha value is -4.88. The van der Waals surface area contributed by atoms with Gasteiger partial charge in [0.1, 0.15) is 30.4 Å². The molecule has 3 amide bonds. The molecule has 0 saturated carbocycles. The molecule has 3 aromatic rings. The number of para-hydroxylation sites is 1. The summed E-state index contributed by atoms with van der Waals surface area (Å²) in [6.45, 7) is 11.0. The van der Waals surface area contributed by atoms with Crippen LogP contribution in [0, 0.1) is 17.8 Å². The summed E-state index contributed by atoms with van der Waals surface area (Å²) in [4.78, 5) is 59.4. The number of esters is 1. The Morgan fingerprint density at radius 2 is 1.88 bits per heavy atom. The number of aromatic nitrogens is 3. The first-order chi connectivity index (χ1) is 24.6. The van der Waals surface area contributed by atoms with Gasteiger partial charge in [-0.1, -0.05) is 73.7 Å². The molecule has 1 aromatic heterocycles. The maximum atomic E-state index is 14.9. The number of hydrogen-bond donors (Lipinski definition) is 2. The molecule has 6 rings (SSSR count). The highest BCUT2D eigenvalue weighted by Gasteiger charge is 2.75. The number of fused-ring (bicyclic) bond motifs is 2. The van der Waals surface area contributed by atoms with E-state index in [2.05, 4.69) is 28.8 Å². The van der Waals surface area contributed by atoms with Crippen molar-refractivity contribution in [1.82, 2.24) is 30.1 Å². The lowest BCUT2D eigenvalue weighted by molar-refractivity contribution is -0.153. The second-order valence-corrected chi connectivity index (χ2v) is 13.8. The van der Waals surface area contributed by atoms with Gasteiger partial charge in [-0.25, -0.2) is 4.68 Å². The van der Waals surface area contributed by atoms with Gasteiger partial charge in [-0.05, 0) is 42.9 Å². The smallest absolute Gasteiger partial charge is 0.306 e. The van der Waals surface area contributed by atoms with Crippen LogP contribution in [0.5, 0.6) is 0 Å². The zero-order valence-corrected chi connectivity index (χ0v) is 29.1. The number of nitrogens with one attached hydrogen (secondary N) is 1. The zero-order chi connectivity index (χ0) is 36.3. The third-order valence-corrected chi connectivity index (χ3v) is 10.5. The molecule has 3 saturated heterocycles. The fourth-order valence-corrected chi connectivity index (χ4v) is 8.02. The average molecular weight is 699 g/mol. The first-order valence-electron chi connectivity index (χ1n) is 17.6. The van der Waals surface area contributed by atoms with Crippen LogP contribution >= 0.6 is 0 Å². The molecule has 0 aliphatic carbocycles. The van der Waals surface area contributed by atoms with E-state index in [-0.39, 0.29) is 44.7 Å². The first kappa shape index (κ1) is 35.9. The summed E-state index contributed by atoms with van der Waals surface area (Å²) in [5.41, 5.74) is 0.840. The van der Waals surface area contributed by atoms with Crippen LogP contribution in [0.4, 0.5) is 0 Å². The van der Waals surface area contributed by atoms with E-state index in [9.17, 15) is 24.3 Å². The Balaban J connectivity index is 1.32. The maximum Gasteiger partial charge on any atom is 0.306 e. The SMILES string of the molecule is C=CCCC(=O)OC[C@@H](NC(=O)[C@@H]1[C@@H]2CC[C@]3(O2)[C@H](C(=O)N(CC=C)Cn2nnc4ccccc42)N([C@@H](CO)C(C)C)C(=O)[C@@H]13)c1ccccc1. The fraction of sp³-hybridized carbons (Fsp3) is 0.474. The Bertz CT molecular complexity index is 1780. The first-order valence-corrected chi connectivity index (χ1v) is 17.6. The van der Waals surface area contributed by atoms with Gasteiger partial charge in [0.25, 0.3) is 0 Å². The molecule has 0 radical (unpaired) electrons. The molecule has 13 heteroatoms. The van der Waals surface area contributed by atoms with Crippen molar-refractivity contribution < 1.29 is 33.8 Å². The van der Waals surface area contributed by atoms with Crippen molar-refractivity contribution in [3.8, 4) is 0 Å². The van der Waals surface area contributed by atoms with E-state index in [0.717, 1.165) is 11.1 Å². The molecule has 1 spiro atoms. The van der Waals surface area contributed by atoms with Crippen LogP contribution in [-0.2, 0) is 35.3 Å². The molecule has 2 bridgehead atoms. The van der Waals surface area contributed by atoms with Crippen LogP contribution in [0.1, 0.15) is 51.1 Å². The minimum absolute atomic E-state index is 0.0354. The highest BCUT2D eigenvalue weighted by molar-refractivity contribution is 5.99. The summed E-state index contributed by atoms with van der Waals surface area (Å²) < 4.78 is 13.8. The second kappa shape index (κ2) is 15.2. The predicted octanol–water partition coefficient (Wildman–Crippen LogP) is 3.16. The summed E-state index contributed by atoms with van der Waals surface area (Å²) in [5, 5.41) is 22.2. The summed E-state index contributed by atoms with van der Waals surface area (Å²) in [5.74, 6) is -3.72. The maximum absolute atomic E-state index is 14.9. The molecule has 3 fully saturated rings. The van der Waals surface area contributed by atoms with Crippen molar-refractivity contribution in [2.45, 2.75) is 76.0 Å². The third-order valence-electron chi connectivity index (χ3n) is 10.5. The van der Waals surface area contributed by atoms with E-state index in [1.54, 1.807) is 21.7 Å². The molecule has 3 aliphatic heterocycles. The highest BCUT2D eigenvalue weighted by atomic mass is 16.5. The van der Waals surface area contributed by atoms with Crippen molar-refractivity contribution in [3.05, 3.63) is 85.5 Å². The fourth-order valence-electron chi connectivity index (χ4n) is 8.02. The average Bonchev–Trinajstić information content (AvgIpc) is 3.89. The topological polar surface area (TPSA) is 156 Å². The number of rotatable bonds is 16. The van der Waals surface area contributed by atoms with Crippen LogP contribution in [0.2, 0.25) is 0 Å². The van der Waals surface area contributed by atoms with E-state index < -0.39 is 59.5 Å². The number of allylic oxidation sites excluding steroid dienone is 1. The van der Waals surface area contributed by atoms with Crippen LogP contribution in [0.25, 0.3) is 11.0 Å². The Morgan fingerprint density at radius 1 is 1.14 bits per heavy atom. The van der Waals surface area contributed by atoms with Crippen molar-refractivity contribution in [2.24, 2.45) is 17.8 Å². The van der Waals surface area contributed by atoms with Gasteiger partial charge < -0.3 is 29.7 Å². The predicted molar refractivity (Wildman–Crippen MR) is 187 cm³/mol. The number of benzene rings is 2. The van der Waals surface area contributed by atoms with Crippen LogP contribution in [0.3, 0.4) is 0 Å². The molecule has 7 atom stereocenters. The Labute approximate surface area is 297 Å². The molecule has 4 heterocycles. The standard InChI is InChI=1S/C38H46N6O7/c1-5-7-17-31(46)50-22-27(25-13-9-8-10-14-25)39-35(47)32-30-18-19-38(51-30)33(32)36(48)44(29(21-45)24(3)4)34(38)37(49)42(20-6-2)23-43-28-16-12-11-15-26(28)40-41-43/h5-6,8-16,24,27,29-30,32-34,45H,1-2,7,17-23H2,3-4H3,(H,39,47)/t27-,29+,30+,32-,33-,34+,38-/m1/s1. The Kier molecular flexibility index (Phi) is 10.7. The number of aliphatic hydroxyl groups is 1. The minimum Gasteiger partial charge on any atom is -0.463 e. The largest absolute Gasteiger partial charge is 0.463 e. The van der Waals surface area contributed by atoms with Crippen molar-refractivity contribution in [2.75, 3.05) is 19.8 Å². The lowest BCUT2D eigenvalue weighted by Gasteiger charge is -2.40. The Morgan fingerprint density at radius 3 is 2.59 bits per heavy atom. The highest BCUT2D eigenvalue weighted by Crippen LogP contribution is 2.59. The van der Waals surface area contributed by atoms with E-state index in [0.29, 0.717) is 24.8 Å². The number of hydrogen-bond acceptors (Lipinski definition) is 9. The minimum atomic E-state index is -1.30. The molecule has 270 valence electrons. The number of carbonyl (C=O) groups is 4. The summed E-state index contributed by atoms with van der Waals surface area (Å²) in [7, 11) is 0. The van der Waals surface area contributed by atoms with Gasteiger partial charge in [-0.3, -0.25) is 19.2 Å².